The molecule has 1 N–H and O–H groups in total. The molecule has 1 rings (SSSR count). The van der Waals surface area contributed by atoms with Crippen LogP contribution >= 0.6 is 0 Å². The minimum Gasteiger partial charge on any atom is -0.386 e. The van der Waals surface area contributed by atoms with Gasteiger partial charge in [-0.05, 0) is 97.1 Å². The van der Waals surface area contributed by atoms with Crippen LogP contribution in [0.3, 0.4) is 0 Å². The van der Waals surface area contributed by atoms with Gasteiger partial charge < -0.3 is 15.0 Å². The minimum atomic E-state index is 0.343. The summed E-state index contributed by atoms with van der Waals surface area (Å²) in [6.45, 7) is 15.4. The summed E-state index contributed by atoms with van der Waals surface area (Å²) in [5, 5.41) is 3.51. The Morgan fingerprint density at radius 2 is 1.38 bits per heavy atom. The zero-order valence-corrected chi connectivity index (χ0v) is 22.2. The maximum Gasteiger partial charge on any atom is 0.129 e. The highest BCUT2D eigenvalue weighted by molar-refractivity contribution is 5.75. The number of ketones is 1. The first-order valence-electron chi connectivity index (χ1n) is 14.1. The predicted octanol–water partition coefficient (Wildman–Crippen LogP) is 8.04. The molecule has 32 heavy (non-hydrogen) atoms. The number of hydrogen-bond acceptors (Lipinski definition) is 3. The number of unbranched alkanes of at least 4 members (excludes halogenated alkanes) is 8. The molecule has 1 fully saturated rings. The largest absolute Gasteiger partial charge is 0.386 e. The van der Waals surface area contributed by atoms with Crippen LogP contribution in [0.5, 0.6) is 0 Å². The number of carbonyl (C=O) groups is 1. The van der Waals surface area contributed by atoms with Crippen LogP contribution in [0, 0.1) is 5.92 Å². The molecule has 0 radical (unpaired) electrons. The number of rotatable bonds is 20. The van der Waals surface area contributed by atoms with E-state index < -0.39 is 0 Å². The summed E-state index contributed by atoms with van der Waals surface area (Å²) >= 11 is 0. The molecule has 0 spiro atoms. The van der Waals surface area contributed by atoms with E-state index in [2.05, 4.69) is 37.6 Å². The monoisotopic (exact) mass is 448 g/mol. The molecular weight excluding hydrogens is 392 g/mol. The Hall–Kier alpha value is -0.830. The van der Waals surface area contributed by atoms with Gasteiger partial charge in [-0.1, -0.05) is 59.0 Å². The number of nitrogens with one attached hydrogen (secondary N) is 1. The fourth-order valence-electron chi connectivity index (χ4n) is 5.01. The summed E-state index contributed by atoms with van der Waals surface area (Å²) in [4.78, 5) is 13.9. The number of carbonyl (C=O) groups excluding carboxylic acids is 1. The van der Waals surface area contributed by atoms with E-state index in [-0.39, 0.29) is 0 Å². The lowest BCUT2D eigenvalue weighted by atomic mass is 9.86. The van der Waals surface area contributed by atoms with Crippen LogP contribution in [0.25, 0.3) is 0 Å². The van der Waals surface area contributed by atoms with Gasteiger partial charge in [-0.3, -0.25) is 0 Å². The number of nitrogens with zero attached hydrogens (tertiary/aromatic N) is 1. The Labute approximate surface area is 201 Å². The molecule has 0 aromatic heterocycles. The quantitative estimate of drug-likeness (QED) is 0.191. The predicted molar refractivity (Wildman–Crippen MR) is 141 cm³/mol. The molecule has 3 heteroatoms. The third-order valence-corrected chi connectivity index (χ3v) is 7.46. The van der Waals surface area contributed by atoms with E-state index in [1.165, 1.54) is 102 Å². The van der Waals surface area contributed by atoms with Crippen molar-refractivity contribution in [3.05, 3.63) is 12.3 Å². The average Bonchev–Trinajstić information content (AvgIpc) is 2.76. The van der Waals surface area contributed by atoms with Crippen molar-refractivity contribution in [1.82, 2.24) is 10.2 Å². The van der Waals surface area contributed by atoms with Gasteiger partial charge in [-0.2, -0.15) is 0 Å². The van der Waals surface area contributed by atoms with Crippen molar-refractivity contribution in [2.24, 2.45) is 5.92 Å². The molecule has 0 heterocycles. The molecule has 1 saturated carbocycles. The van der Waals surface area contributed by atoms with E-state index in [0.717, 1.165) is 37.6 Å². The highest BCUT2D eigenvalue weighted by Crippen LogP contribution is 2.28. The summed E-state index contributed by atoms with van der Waals surface area (Å²) in [6, 6.07) is 1.38. The summed E-state index contributed by atoms with van der Waals surface area (Å²) in [6.07, 6.45) is 21.7. The smallest absolute Gasteiger partial charge is 0.129 e. The van der Waals surface area contributed by atoms with E-state index in [9.17, 15) is 4.79 Å². The van der Waals surface area contributed by atoms with E-state index in [1.54, 1.807) is 6.92 Å². The summed E-state index contributed by atoms with van der Waals surface area (Å²) in [7, 11) is 0. The molecule has 3 nitrogen and oxygen atoms in total. The Morgan fingerprint density at radius 3 is 1.91 bits per heavy atom. The van der Waals surface area contributed by atoms with Crippen molar-refractivity contribution in [2.75, 3.05) is 13.1 Å². The standard InChI is InChI=1S/C29H56N2O/c1-6-26(3)30-27(4)17-13-9-7-11-15-23-31(29-21-19-25(2)20-22-29)24-16-12-8-10-14-18-28(5)32/h25-26,29-30H,4,6-24H2,1-3,5H3. The van der Waals surface area contributed by atoms with Gasteiger partial charge in [0.15, 0.2) is 0 Å². The zero-order chi connectivity index (χ0) is 23.6. The normalized spacial score (nSPS) is 19.8. The Balaban J connectivity index is 2.19. The molecule has 1 atom stereocenters. The van der Waals surface area contributed by atoms with Gasteiger partial charge in [0.05, 0.1) is 0 Å². The minimum absolute atomic E-state index is 0.343. The van der Waals surface area contributed by atoms with Crippen molar-refractivity contribution in [1.29, 1.82) is 0 Å². The Bertz CT molecular complexity index is 482. The lowest BCUT2D eigenvalue weighted by molar-refractivity contribution is -0.117. The molecule has 1 aliphatic carbocycles. The highest BCUT2D eigenvalue weighted by atomic mass is 16.1. The van der Waals surface area contributed by atoms with Gasteiger partial charge in [0.2, 0.25) is 0 Å². The molecule has 0 saturated heterocycles. The van der Waals surface area contributed by atoms with Gasteiger partial charge in [0, 0.05) is 24.2 Å². The van der Waals surface area contributed by atoms with Crippen LogP contribution < -0.4 is 5.32 Å². The second-order valence-corrected chi connectivity index (χ2v) is 10.7. The fourth-order valence-corrected chi connectivity index (χ4v) is 5.01. The first-order chi connectivity index (χ1) is 15.4. The summed E-state index contributed by atoms with van der Waals surface area (Å²) in [5.74, 6) is 1.27. The van der Waals surface area contributed by atoms with Crippen LogP contribution in [0.2, 0.25) is 0 Å². The van der Waals surface area contributed by atoms with Crippen LogP contribution in [-0.4, -0.2) is 35.9 Å². The van der Waals surface area contributed by atoms with Crippen LogP contribution in [0.15, 0.2) is 12.3 Å². The molecular formula is C29H56N2O. The molecule has 0 amide bonds. The summed E-state index contributed by atoms with van der Waals surface area (Å²) in [5.41, 5.74) is 1.22. The summed E-state index contributed by atoms with van der Waals surface area (Å²) < 4.78 is 0. The molecule has 1 aliphatic rings. The van der Waals surface area contributed by atoms with Crippen molar-refractivity contribution in [3.8, 4) is 0 Å². The van der Waals surface area contributed by atoms with Gasteiger partial charge >= 0.3 is 0 Å². The second-order valence-electron chi connectivity index (χ2n) is 10.7. The SMILES string of the molecule is C=C(CCCCCCCN(CCCCCCCC(C)=O)C1CCC(C)CC1)NC(C)CC. The molecule has 0 bridgehead atoms. The van der Waals surface area contributed by atoms with Crippen LogP contribution in [-0.2, 0) is 4.79 Å². The lowest BCUT2D eigenvalue weighted by Crippen LogP contribution is -2.39. The van der Waals surface area contributed by atoms with Gasteiger partial charge in [0.25, 0.3) is 0 Å². The molecule has 0 aromatic rings. The van der Waals surface area contributed by atoms with E-state index in [1.807, 2.05) is 0 Å². The lowest BCUT2D eigenvalue weighted by Gasteiger charge is -2.36. The number of hydrogen-bond donors (Lipinski definition) is 1. The van der Waals surface area contributed by atoms with Gasteiger partial charge in [0.1, 0.15) is 5.78 Å². The van der Waals surface area contributed by atoms with Crippen molar-refractivity contribution < 1.29 is 4.79 Å². The maximum absolute atomic E-state index is 11.1. The maximum atomic E-state index is 11.1. The topological polar surface area (TPSA) is 32.3 Å². The molecule has 1 unspecified atom stereocenters. The fraction of sp³-hybridized carbons (Fsp3) is 0.897. The van der Waals surface area contributed by atoms with E-state index >= 15 is 0 Å². The molecule has 188 valence electrons. The Kier molecular flexibility index (Phi) is 17.0. The highest BCUT2D eigenvalue weighted by Gasteiger charge is 2.23. The van der Waals surface area contributed by atoms with Crippen LogP contribution in [0.4, 0.5) is 0 Å². The van der Waals surface area contributed by atoms with E-state index in [4.69, 9.17) is 0 Å². The molecule has 0 aliphatic heterocycles. The zero-order valence-electron chi connectivity index (χ0n) is 22.2. The van der Waals surface area contributed by atoms with Crippen LogP contribution in [0.1, 0.15) is 137 Å². The van der Waals surface area contributed by atoms with Crippen molar-refractivity contribution in [3.63, 3.8) is 0 Å². The first kappa shape index (κ1) is 29.2. The second kappa shape index (κ2) is 18.6. The third kappa shape index (κ3) is 15.1. The van der Waals surface area contributed by atoms with E-state index in [0.29, 0.717) is 11.8 Å². The number of allylic oxidation sites excluding steroid dienone is 1. The third-order valence-electron chi connectivity index (χ3n) is 7.46. The van der Waals surface area contributed by atoms with Crippen molar-refractivity contribution >= 4 is 5.78 Å². The molecule has 0 aromatic carbocycles. The number of Topliss-reactive ketones (excluding diaryl/α,β-unsaturated/α-hetero) is 1. The van der Waals surface area contributed by atoms with Gasteiger partial charge in [-0.25, -0.2) is 0 Å². The van der Waals surface area contributed by atoms with Gasteiger partial charge in [-0.15, -0.1) is 0 Å². The van der Waals surface area contributed by atoms with Crippen molar-refractivity contribution in [2.45, 2.75) is 149 Å². The first-order valence-corrected chi connectivity index (χ1v) is 14.1. The average molecular weight is 449 g/mol. The Morgan fingerprint density at radius 1 is 0.875 bits per heavy atom.